The Kier molecular flexibility index (Phi) is 3.31. The second-order valence-electron chi connectivity index (χ2n) is 5.75. The third-order valence-electron chi connectivity index (χ3n) is 4.28. The number of aromatic nitrogens is 2. The number of nitrogens with zero attached hydrogens (tertiary/aromatic N) is 3. The van der Waals surface area contributed by atoms with E-state index in [4.69, 9.17) is 0 Å². The molecule has 0 radical (unpaired) electrons. The van der Waals surface area contributed by atoms with Gasteiger partial charge in [-0.1, -0.05) is 6.92 Å². The molecule has 5 nitrogen and oxygen atoms in total. The van der Waals surface area contributed by atoms with Crippen molar-refractivity contribution in [2.75, 3.05) is 31.6 Å². The Labute approximate surface area is 113 Å². The molecule has 0 bridgehead atoms. The number of rotatable bonds is 3. The lowest BCUT2D eigenvalue weighted by molar-refractivity contribution is 0.213. The molecule has 19 heavy (non-hydrogen) atoms. The maximum Gasteiger partial charge on any atom is 0.252 e. The van der Waals surface area contributed by atoms with Crippen molar-refractivity contribution in [3.63, 3.8) is 0 Å². The Hall–Kier alpha value is -1.36. The van der Waals surface area contributed by atoms with E-state index in [1.807, 2.05) is 0 Å². The Morgan fingerprint density at radius 2 is 2.21 bits per heavy atom. The van der Waals surface area contributed by atoms with E-state index in [-0.39, 0.29) is 5.56 Å². The summed E-state index contributed by atoms with van der Waals surface area (Å²) in [7, 11) is 2.17. The number of likely N-dealkylation sites (N-methyl/N-ethyl adjacent to an activating group) is 1. The van der Waals surface area contributed by atoms with Crippen LogP contribution < -0.4 is 10.5 Å². The molecule has 1 N–H and O–H groups in total. The van der Waals surface area contributed by atoms with Crippen LogP contribution in [0.4, 0.5) is 5.82 Å². The van der Waals surface area contributed by atoms with Crippen LogP contribution in [0.5, 0.6) is 0 Å². The Balaban J connectivity index is 1.83. The molecule has 1 aromatic rings. The van der Waals surface area contributed by atoms with Gasteiger partial charge in [0.2, 0.25) is 0 Å². The molecule has 104 valence electrons. The zero-order chi connectivity index (χ0) is 13.4. The van der Waals surface area contributed by atoms with Crippen molar-refractivity contribution >= 4 is 5.82 Å². The quantitative estimate of drug-likeness (QED) is 0.888. The number of nitrogens with one attached hydrogen (secondary N) is 1. The van der Waals surface area contributed by atoms with Crippen LogP contribution in [0.1, 0.15) is 37.9 Å². The molecular formula is C14H22N4O. The van der Waals surface area contributed by atoms with Crippen molar-refractivity contribution in [2.45, 2.75) is 38.1 Å². The van der Waals surface area contributed by atoms with Gasteiger partial charge in [0.1, 0.15) is 11.6 Å². The van der Waals surface area contributed by atoms with E-state index in [1.165, 1.54) is 0 Å². The van der Waals surface area contributed by atoms with Crippen LogP contribution >= 0.6 is 0 Å². The lowest BCUT2D eigenvalue weighted by Gasteiger charge is -2.39. The monoisotopic (exact) mass is 262 g/mol. The predicted octanol–water partition coefficient (Wildman–Crippen LogP) is 1.18. The minimum absolute atomic E-state index is 0.0149. The van der Waals surface area contributed by atoms with E-state index in [0.29, 0.717) is 12.0 Å². The smallest absolute Gasteiger partial charge is 0.252 e. The second-order valence-corrected chi connectivity index (χ2v) is 5.75. The second kappa shape index (κ2) is 4.96. The van der Waals surface area contributed by atoms with Gasteiger partial charge in [0.25, 0.3) is 5.56 Å². The zero-order valence-corrected chi connectivity index (χ0v) is 11.7. The first-order valence-electron chi connectivity index (χ1n) is 7.24. The van der Waals surface area contributed by atoms with Crippen molar-refractivity contribution in [1.29, 1.82) is 0 Å². The Morgan fingerprint density at radius 3 is 2.89 bits per heavy atom. The largest absolute Gasteiger partial charge is 0.354 e. The van der Waals surface area contributed by atoms with Crippen LogP contribution in [-0.4, -0.2) is 47.6 Å². The molecule has 0 aromatic carbocycles. The average Bonchev–Trinajstić information content (AvgIpc) is 3.23. The van der Waals surface area contributed by atoms with Gasteiger partial charge in [0.15, 0.2) is 0 Å². The summed E-state index contributed by atoms with van der Waals surface area (Å²) in [5, 5.41) is 0. The van der Waals surface area contributed by atoms with Crippen molar-refractivity contribution in [2.24, 2.45) is 0 Å². The van der Waals surface area contributed by atoms with Gasteiger partial charge in [-0.25, -0.2) is 4.98 Å². The summed E-state index contributed by atoms with van der Waals surface area (Å²) >= 11 is 0. The van der Waals surface area contributed by atoms with E-state index in [0.717, 1.165) is 50.5 Å². The van der Waals surface area contributed by atoms with Crippen LogP contribution in [0.2, 0.25) is 0 Å². The van der Waals surface area contributed by atoms with E-state index < -0.39 is 0 Å². The van der Waals surface area contributed by atoms with Crippen molar-refractivity contribution in [3.05, 3.63) is 22.2 Å². The maximum atomic E-state index is 11.8. The van der Waals surface area contributed by atoms with Gasteiger partial charge in [-0.3, -0.25) is 9.69 Å². The molecule has 0 spiro atoms. The summed E-state index contributed by atoms with van der Waals surface area (Å²) in [6.45, 7) is 5.17. The fraction of sp³-hybridized carbons (Fsp3) is 0.714. The fourth-order valence-electron chi connectivity index (χ4n) is 2.77. The molecule has 0 amide bonds. The first-order valence-corrected chi connectivity index (χ1v) is 7.24. The molecule has 1 saturated carbocycles. The SMILES string of the molecule is CCC1CN(c2cc(=O)[nH]c(C3CC3)n2)CCN1C. The van der Waals surface area contributed by atoms with Gasteiger partial charge in [-0.05, 0) is 26.3 Å². The van der Waals surface area contributed by atoms with E-state index >= 15 is 0 Å². The number of anilines is 1. The molecule has 1 aliphatic carbocycles. The lowest BCUT2D eigenvalue weighted by Crippen LogP contribution is -2.51. The van der Waals surface area contributed by atoms with Crippen LogP contribution in [0.25, 0.3) is 0 Å². The van der Waals surface area contributed by atoms with Crippen LogP contribution in [0.3, 0.4) is 0 Å². The van der Waals surface area contributed by atoms with Crippen molar-refractivity contribution in [1.82, 2.24) is 14.9 Å². The summed E-state index contributed by atoms with van der Waals surface area (Å²) in [5.41, 5.74) is -0.0149. The van der Waals surface area contributed by atoms with Crippen LogP contribution in [0.15, 0.2) is 10.9 Å². The molecule has 1 aliphatic heterocycles. The first kappa shape index (κ1) is 12.7. The maximum absolute atomic E-state index is 11.8. The highest BCUT2D eigenvalue weighted by Crippen LogP contribution is 2.38. The van der Waals surface area contributed by atoms with Crippen LogP contribution in [-0.2, 0) is 0 Å². The first-order chi connectivity index (χ1) is 9.17. The highest BCUT2D eigenvalue weighted by molar-refractivity contribution is 5.39. The summed E-state index contributed by atoms with van der Waals surface area (Å²) in [6.07, 6.45) is 3.45. The topological polar surface area (TPSA) is 52.2 Å². The molecule has 5 heteroatoms. The molecule has 3 rings (SSSR count). The minimum atomic E-state index is -0.0149. The molecule has 2 aliphatic rings. The van der Waals surface area contributed by atoms with E-state index in [2.05, 4.69) is 33.7 Å². The molecule has 1 saturated heterocycles. The molecular weight excluding hydrogens is 240 g/mol. The lowest BCUT2D eigenvalue weighted by atomic mass is 10.1. The summed E-state index contributed by atoms with van der Waals surface area (Å²) in [4.78, 5) is 24.0. The van der Waals surface area contributed by atoms with Gasteiger partial charge in [0, 0.05) is 37.7 Å². The number of aromatic amines is 1. The number of piperazine rings is 1. The summed E-state index contributed by atoms with van der Waals surface area (Å²) in [5.74, 6) is 2.23. The van der Waals surface area contributed by atoms with Gasteiger partial charge >= 0.3 is 0 Å². The summed E-state index contributed by atoms with van der Waals surface area (Å²) in [6, 6.07) is 2.20. The Bertz CT molecular complexity index is 508. The van der Waals surface area contributed by atoms with Crippen molar-refractivity contribution < 1.29 is 0 Å². The normalized spacial score (nSPS) is 24.7. The standard InChI is InChI=1S/C14H22N4O/c1-3-11-9-18(7-6-17(11)2)12-8-13(19)16-14(15-12)10-4-5-10/h8,10-11H,3-7,9H2,1-2H3,(H,15,16,19). The third kappa shape index (κ3) is 2.66. The minimum Gasteiger partial charge on any atom is -0.354 e. The van der Waals surface area contributed by atoms with Gasteiger partial charge in [0.05, 0.1) is 0 Å². The van der Waals surface area contributed by atoms with E-state index in [9.17, 15) is 4.79 Å². The zero-order valence-electron chi connectivity index (χ0n) is 11.7. The molecule has 2 fully saturated rings. The third-order valence-corrected chi connectivity index (χ3v) is 4.28. The van der Waals surface area contributed by atoms with E-state index in [1.54, 1.807) is 6.07 Å². The van der Waals surface area contributed by atoms with Gasteiger partial charge in [-0.2, -0.15) is 0 Å². The van der Waals surface area contributed by atoms with Gasteiger partial charge in [-0.15, -0.1) is 0 Å². The molecule has 1 unspecified atom stereocenters. The highest BCUT2D eigenvalue weighted by atomic mass is 16.1. The number of hydrogen-bond acceptors (Lipinski definition) is 4. The highest BCUT2D eigenvalue weighted by Gasteiger charge is 2.28. The molecule has 2 heterocycles. The van der Waals surface area contributed by atoms with Gasteiger partial charge < -0.3 is 9.88 Å². The predicted molar refractivity (Wildman–Crippen MR) is 75.8 cm³/mol. The van der Waals surface area contributed by atoms with Crippen molar-refractivity contribution in [3.8, 4) is 0 Å². The average molecular weight is 262 g/mol. The molecule has 1 aromatic heterocycles. The number of H-pyrrole nitrogens is 1. The van der Waals surface area contributed by atoms with Crippen LogP contribution in [0, 0.1) is 0 Å². The fourth-order valence-corrected chi connectivity index (χ4v) is 2.77. The molecule has 1 atom stereocenters. The summed E-state index contributed by atoms with van der Waals surface area (Å²) < 4.78 is 0. The number of hydrogen-bond donors (Lipinski definition) is 1. The Morgan fingerprint density at radius 1 is 1.42 bits per heavy atom.